The Morgan fingerprint density at radius 3 is 2.29 bits per heavy atom. The molecule has 0 aliphatic heterocycles. The Hall–Kier alpha value is -0.740. The fraction of sp³-hybridized carbons (Fsp3) is 0.889. The number of hydrogen-bond donors (Lipinski definition) is 0. The van der Waals surface area contributed by atoms with Gasteiger partial charge in [0.05, 0.1) is 0 Å². The van der Waals surface area contributed by atoms with Gasteiger partial charge in [-0.3, -0.25) is 4.79 Å². The molecule has 14 heavy (non-hydrogen) atoms. The Morgan fingerprint density at radius 1 is 1.36 bits per heavy atom. The van der Waals surface area contributed by atoms with E-state index in [1.165, 1.54) is 6.92 Å². The van der Waals surface area contributed by atoms with Crippen LogP contribution in [0.25, 0.3) is 0 Å². The maximum absolute atomic E-state index is 12.3. The van der Waals surface area contributed by atoms with Gasteiger partial charge in [0, 0.05) is 6.42 Å². The summed E-state index contributed by atoms with van der Waals surface area (Å²) in [6, 6.07) is 0. The van der Waals surface area contributed by atoms with Gasteiger partial charge in [0.1, 0.15) is 0 Å². The van der Waals surface area contributed by atoms with Crippen molar-refractivity contribution >= 4 is 5.97 Å². The standard InChI is InChI=1S/C9H15F3O2/c1-3-5-6-7(9(10,11)12)14-8(13)4-2/h7H,3-6H2,1-2H3/t7-/m1/s1. The molecule has 0 N–H and O–H groups in total. The molecule has 2 nitrogen and oxygen atoms in total. The van der Waals surface area contributed by atoms with Crippen LogP contribution in [-0.2, 0) is 9.53 Å². The molecule has 5 heteroatoms. The number of alkyl halides is 3. The minimum atomic E-state index is -4.44. The third-order valence-electron chi connectivity index (χ3n) is 1.75. The first kappa shape index (κ1) is 13.3. The van der Waals surface area contributed by atoms with Crippen molar-refractivity contribution in [3.05, 3.63) is 0 Å². The molecule has 0 aromatic heterocycles. The first-order chi connectivity index (χ1) is 6.41. The molecular weight excluding hydrogens is 197 g/mol. The zero-order valence-electron chi connectivity index (χ0n) is 8.36. The molecular formula is C9H15F3O2. The van der Waals surface area contributed by atoms with Crippen molar-refractivity contribution in [3.63, 3.8) is 0 Å². The topological polar surface area (TPSA) is 26.3 Å². The third kappa shape index (κ3) is 5.09. The molecule has 0 saturated carbocycles. The first-order valence-electron chi connectivity index (χ1n) is 4.68. The number of carbonyl (C=O) groups excluding carboxylic acids is 1. The first-order valence-corrected chi connectivity index (χ1v) is 4.68. The number of ether oxygens (including phenoxy) is 1. The van der Waals surface area contributed by atoms with Crippen molar-refractivity contribution in [2.75, 3.05) is 0 Å². The number of carbonyl (C=O) groups is 1. The van der Waals surface area contributed by atoms with Gasteiger partial charge in [-0.2, -0.15) is 13.2 Å². The van der Waals surface area contributed by atoms with E-state index in [0.717, 1.165) is 0 Å². The van der Waals surface area contributed by atoms with Gasteiger partial charge in [0.2, 0.25) is 0 Å². The maximum Gasteiger partial charge on any atom is 0.425 e. The lowest BCUT2D eigenvalue weighted by Gasteiger charge is -2.20. The Balaban J connectivity index is 4.18. The lowest BCUT2D eigenvalue weighted by Crippen LogP contribution is -2.33. The largest absolute Gasteiger partial charge is 0.453 e. The highest BCUT2D eigenvalue weighted by Crippen LogP contribution is 2.27. The molecule has 84 valence electrons. The fourth-order valence-electron chi connectivity index (χ4n) is 0.921. The van der Waals surface area contributed by atoms with E-state index in [0.29, 0.717) is 12.8 Å². The number of hydrogen-bond acceptors (Lipinski definition) is 2. The molecule has 1 atom stereocenters. The summed E-state index contributed by atoms with van der Waals surface area (Å²) in [6.07, 6.45) is -5.50. The predicted molar refractivity (Wildman–Crippen MR) is 45.8 cm³/mol. The molecule has 0 saturated heterocycles. The Bertz CT molecular complexity index is 177. The van der Waals surface area contributed by atoms with Crippen molar-refractivity contribution in [3.8, 4) is 0 Å². The number of rotatable bonds is 5. The minimum Gasteiger partial charge on any atom is -0.453 e. The SMILES string of the molecule is CCCC[C@@H](OC(=O)CC)C(F)(F)F. The Labute approximate surface area is 81.4 Å². The highest BCUT2D eigenvalue weighted by Gasteiger charge is 2.41. The van der Waals surface area contributed by atoms with Crippen LogP contribution in [0, 0.1) is 0 Å². The highest BCUT2D eigenvalue weighted by atomic mass is 19.4. The van der Waals surface area contributed by atoms with Gasteiger partial charge >= 0.3 is 12.1 Å². The number of unbranched alkanes of at least 4 members (excludes halogenated alkanes) is 1. The fourth-order valence-corrected chi connectivity index (χ4v) is 0.921. The van der Waals surface area contributed by atoms with E-state index in [-0.39, 0.29) is 12.8 Å². The van der Waals surface area contributed by atoms with Crippen molar-refractivity contribution < 1.29 is 22.7 Å². The van der Waals surface area contributed by atoms with Crippen LogP contribution in [-0.4, -0.2) is 18.2 Å². The predicted octanol–water partition coefficient (Wildman–Crippen LogP) is 3.06. The lowest BCUT2D eigenvalue weighted by atomic mass is 10.1. The number of halogens is 3. The van der Waals surface area contributed by atoms with E-state index in [1.807, 2.05) is 0 Å². The van der Waals surface area contributed by atoms with Crippen LogP contribution < -0.4 is 0 Å². The van der Waals surface area contributed by atoms with Crippen LogP contribution in [0.15, 0.2) is 0 Å². The maximum atomic E-state index is 12.3. The average Bonchev–Trinajstić information content (AvgIpc) is 2.09. The normalized spacial score (nSPS) is 13.8. The summed E-state index contributed by atoms with van der Waals surface area (Å²) < 4.78 is 41.1. The van der Waals surface area contributed by atoms with Crippen LogP contribution in [0.5, 0.6) is 0 Å². The van der Waals surface area contributed by atoms with Crippen LogP contribution in [0.1, 0.15) is 39.5 Å². The van der Waals surface area contributed by atoms with Gasteiger partial charge in [-0.25, -0.2) is 0 Å². The van der Waals surface area contributed by atoms with Gasteiger partial charge in [0.25, 0.3) is 0 Å². The molecule has 0 aliphatic carbocycles. The molecule has 0 aromatic rings. The molecule has 0 aromatic carbocycles. The molecule has 0 unspecified atom stereocenters. The Kier molecular flexibility index (Phi) is 5.57. The van der Waals surface area contributed by atoms with E-state index < -0.39 is 18.2 Å². The lowest BCUT2D eigenvalue weighted by molar-refractivity contribution is -0.222. The van der Waals surface area contributed by atoms with Gasteiger partial charge < -0.3 is 4.74 Å². The zero-order valence-corrected chi connectivity index (χ0v) is 8.36. The van der Waals surface area contributed by atoms with E-state index in [4.69, 9.17) is 0 Å². The van der Waals surface area contributed by atoms with Crippen molar-refractivity contribution in [1.29, 1.82) is 0 Å². The van der Waals surface area contributed by atoms with Crippen molar-refractivity contribution in [2.45, 2.75) is 51.8 Å². The summed E-state index contributed by atoms with van der Waals surface area (Å²) in [7, 11) is 0. The summed E-state index contributed by atoms with van der Waals surface area (Å²) in [5.41, 5.74) is 0. The second kappa shape index (κ2) is 5.88. The van der Waals surface area contributed by atoms with Crippen molar-refractivity contribution in [2.24, 2.45) is 0 Å². The molecule has 0 rings (SSSR count). The molecule has 0 bridgehead atoms. The molecule has 0 aliphatic rings. The monoisotopic (exact) mass is 212 g/mol. The van der Waals surface area contributed by atoms with Crippen LogP contribution in [0.3, 0.4) is 0 Å². The summed E-state index contributed by atoms with van der Waals surface area (Å²) >= 11 is 0. The Morgan fingerprint density at radius 2 is 1.93 bits per heavy atom. The second-order valence-electron chi connectivity index (χ2n) is 3.02. The summed E-state index contributed by atoms with van der Waals surface area (Å²) in [5, 5.41) is 0. The van der Waals surface area contributed by atoms with E-state index in [2.05, 4.69) is 4.74 Å². The zero-order chi connectivity index (χ0) is 11.2. The number of esters is 1. The van der Waals surface area contributed by atoms with Gasteiger partial charge in [-0.1, -0.05) is 20.3 Å². The van der Waals surface area contributed by atoms with E-state index in [1.54, 1.807) is 6.92 Å². The molecule has 0 heterocycles. The smallest absolute Gasteiger partial charge is 0.425 e. The van der Waals surface area contributed by atoms with E-state index in [9.17, 15) is 18.0 Å². The van der Waals surface area contributed by atoms with Crippen molar-refractivity contribution in [1.82, 2.24) is 0 Å². The second-order valence-corrected chi connectivity index (χ2v) is 3.02. The quantitative estimate of drug-likeness (QED) is 0.654. The molecule has 0 radical (unpaired) electrons. The van der Waals surface area contributed by atoms with Gasteiger partial charge in [-0.05, 0) is 12.8 Å². The molecule has 0 fully saturated rings. The van der Waals surface area contributed by atoms with E-state index >= 15 is 0 Å². The van der Waals surface area contributed by atoms with Gasteiger partial charge in [-0.15, -0.1) is 0 Å². The highest BCUT2D eigenvalue weighted by molar-refractivity contribution is 5.69. The van der Waals surface area contributed by atoms with Gasteiger partial charge in [0.15, 0.2) is 6.10 Å². The van der Waals surface area contributed by atoms with Crippen LogP contribution in [0.4, 0.5) is 13.2 Å². The molecule has 0 spiro atoms. The minimum absolute atomic E-state index is 0.0291. The third-order valence-corrected chi connectivity index (χ3v) is 1.75. The summed E-state index contributed by atoms with van der Waals surface area (Å²) in [5.74, 6) is -0.802. The molecule has 0 amide bonds. The average molecular weight is 212 g/mol. The summed E-state index contributed by atoms with van der Waals surface area (Å²) in [6.45, 7) is 3.25. The van der Waals surface area contributed by atoms with Crippen LogP contribution >= 0.6 is 0 Å². The van der Waals surface area contributed by atoms with Crippen LogP contribution in [0.2, 0.25) is 0 Å². The summed E-state index contributed by atoms with van der Waals surface area (Å²) in [4.78, 5) is 10.7.